The van der Waals surface area contributed by atoms with Crippen molar-refractivity contribution in [1.82, 2.24) is 4.98 Å². The standard InChI is InChI=1S/C24H17NO/c1-24(2)17-8-5-9-19-21(17)22-20(26-19)10-11-25-23(22)16-12-14-6-3-4-7-15(14)13-18(16)24/h3-13H,1-2H3. The topological polar surface area (TPSA) is 26.0 Å². The molecular formula is C24H17NO. The summed E-state index contributed by atoms with van der Waals surface area (Å²) in [4.78, 5) is 4.81. The molecule has 0 atom stereocenters. The van der Waals surface area contributed by atoms with Gasteiger partial charge in [-0.1, -0.05) is 50.2 Å². The lowest BCUT2D eigenvalue weighted by Crippen LogP contribution is -2.19. The maximum Gasteiger partial charge on any atom is 0.139 e. The summed E-state index contributed by atoms with van der Waals surface area (Å²) in [5, 5.41) is 4.85. The highest BCUT2D eigenvalue weighted by Gasteiger charge is 2.34. The largest absolute Gasteiger partial charge is 0.456 e. The van der Waals surface area contributed by atoms with Gasteiger partial charge in [0.2, 0.25) is 0 Å². The molecule has 0 unspecified atom stereocenters. The Balaban J connectivity index is 1.92. The molecule has 0 saturated carbocycles. The zero-order valence-corrected chi connectivity index (χ0v) is 14.7. The van der Waals surface area contributed by atoms with Crippen molar-refractivity contribution in [2.24, 2.45) is 0 Å². The van der Waals surface area contributed by atoms with Crippen LogP contribution in [-0.2, 0) is 5.41 Å². The van der Waals surface area contributed by atoms with Crippen LogP contribution < -0.4 is 0 Å². The van der Waals surface area contributed by atoms with E-state index in [2.05, 4.69) is 68.4 Å². The molecule has 2 heteroatoms. The van der Waals surface area contributed by atoms with Gasteiger partial charge in [-0.2, -0.15) is 0 Å². The monoisotopic (exact) mass is 335 g/mol. The van der Waals surface area contributed by atoms with Gasteiger partial charge in [0.25, 0.3) is 0 Å². The Hall–Kier alpha value is -3.13. The maximum atomic E-state index is 6.17. The smallest absolute Gasteiger partial charge is 0.139 e. The average Bonchev–Trinajstić information content (AvgIpc) is 3.02. The van der Waals surface area contributed by atoms with Crippen molar-refractivity contribution in [1.29, 1.82) is 0 Å². The van der Waals surface area contributed by atoms with E-state index < -0.39 is 0 Å². The summed E-state index contributed by atoms with van der Waals surface area (Å²) in [5.41, 5.74) is 6.57. The second-order valence-corrected chi connectivity index (χ2v) is 7.68. The van der Waals surface area contributed by atoms with E-state index in [1.807, 2.05) is 12.3 Å². The molecular weight excluding hydrogens is 318 g/mol. The Morgan fingerprint density at radius 2 is 1.54 bits per heavy atom. The van der Waals surface area contributed by atoms with E-state index in [0.717, 1.165) is 22.2 Å². The summed E-state index contributed by atoms with van der Waals surface area (Å²) in [5.74, 6) is 0. The van der Waals surface area contributed by atoms with E-state index in [9.17, 15) is 0 Å². The normalized spacial score (nSPS) is 14.8. The van der Waals surface area contributed by atoms with Crippen molar-refractivity contribution in [3.05, 3.63) is 78.0 Å². The molecule has 0 fully saturated rings. The molecule has 2 aromatic heterocycles. The Labute approximate surface area is 151 Å². The van der Waals surface area contributed by atoms with E-state index in [1.165, 1.54) is 32.8 Å². The third kappa shape index (κ3) is 1.60. The molecule has 124 valence electrons. The molecule has 3 aromatic carbocycles. The number of hydrogen-bond acceptors (Lipinski definition) is 2. The molecule has 26 heavy (non-hydrogen) atoms. The molecule has 0 saturated heterocycles. The lowest BCUT2D eigenvalue weighted by atomic mass is 9.75. The van der Waals surface area contributed by atoms with E-state index in [1.54, 1.807) is 0 Å². The van der Waals surface area contributed by atoms with Gasteiger partial charge in [-0.25, -0.2) is 0 Å². The molecule has 0 radical (unpaired) electrons. The summed E-state index contributed by atoms with van der Waals surface area (Å²) < 4.78 is 6.17. The first kappa shape index (κ1) is 14.1. The molecule has 0 bridgehead atoms. The van der Waals surface area contributed by atoms with Crippen molar-refractivity contribution >= 4 is 32.7 Å². The highest BCUT2D eigenvalue weighted by Crippen LogP contribution is 2.49. The van der Waals surface area contributed by atoms with Crippen LogP contribution in [0.5, 0.6) is 0 Å². The predicted octanol–water partition coefficient (Wildman–Crippen LogP) is 6.44. The molecule has 6 rings (SSSR count). The molecule has 2 nitrogen and oxygen atoms in total. The quantitative estimate of drug-likeness (QED) is 0.325. The van der Waals surface area contributed by atoms with Gasteiger partial charge < -0.3 is 4.42 Å². The van der Waals surface area contributed by atoms with Crippen LogP contribution in [0.4, 0.5) is 0 Å². The highest BCUT2D eigenvalue weighted by atomic mass is 16.3. The van der Waals surface area contributed by atoms with E-state index in [0.29, 0.717) is 0 Å². The lowest BCUT2D eigenvalue weighted by Gasteiger charge is -2.28. The molecule has 5 aromatic rings. The second-order valence-electron chi connectivity index (χ2n) is 7.68. The van der Waals surface area contributed by atoms with Gasteiger partial charge in [-0.05, 0) is 46.2 Å². The molecule has 1 aliphatic carbocycles. The number of aromatic nitrogens is 1. The van der Waals surface area contributed by atoms with Gasteiger partial charge in [-0.15, -0.1) is 0 Å². The van der Waals surface area contributed by atoms with Crippen LogP contribution in [0.15, 0.2) is 71.3 Å². The summed E-state index contributed by atoms with van der Waals surface area (Å²) >= 11 is 0. The molecule has 0 N–H and O–H groups in total. The molecule has 1 aliphatic rings. The number of benzene rings is 3. The SMILES string of the molecule is CC1(C)c2cc3ccccc3cc2-c2nccc3oc4cccc1c4c23. The van der Waals surface area contributed by atoms with Crippen molar-refractivity contribution in [2.75, 3.05) is 0 Å². The number of pyridine rings is 1. The molecule has 2 heterocycles. The first-order chi connectivity index (χ1) is 12.6. The third-order valence-electron chi connectivity index (χ3n) is 5.90. The summed E-state index contributed by atoms with van der Waals surface area (Å²) in [6.07, 6.45) is 1.86. The number of fused-ring (bicyclic) bond motifs is 3. The van der Waals surface area contributed by atoms with Gasteiger partial charge in [0.1, 0.15) is 11.2 Å². The number of hydrogen-bond donors (Lipinski definition) is 0. The Kier molecular flexibility index (Phi) is 2.45. The fraction of sp³-hybridized carbons (Fsp3) is 0.125. The van der Waals surface area contributed by atoms with Gasteiger partial charge in [0.15, 0.2) is 0 Å². The van der Waals surface area contributed by atoms with Crippen LogP contribution in [0.2, 0.25) is 0 Å². The van der Waals surface area contributed by atoms with Crippen molar-refractivity contribution < 1.29 is 4.42 Å². The Bertz CT molecular complexity index is 1360. The van der Waals surface area contributed by atoms with Crippen LogP contribution in [-0.4, -0.2) is 4.98 Å². The minimum atomic E-state index is -0.142. The lowest BCUT2D eigenvalue weighted by molar-refractivity contribution is 0.644. The fourth-order valence-corrected chi connectivity index (χ4v) is 4.59. The highest BCUT2D eigenvalue weighted by molar-refractivity contribution is 6.15. The minimum Gasteiger partial charge on any atom is -0.456 e. The van der Waals surface area contributed by atoms with Crippen molar-refractivity contribution in [3.8, 4) is 11.3 Å². The van der Waals surface area contributed by atoms with Crippen LogP contribution in [0, 0.1) is 0 Å². The van der Waals surface area contributed by atoms with Gasteiger partial charge in [0, 0.05) is 22.6 Å². The predicted molar refractivity (Wildman–Crippen MR) is 107 cm³/mol. The zero-order valence-electron chi connectivity index (χ0n) is 14.7. The molecule has 0 spiro atoms. The van der Waals surface area contributed by atoms with Crippen LogP contribution in [0.3, 0.4) is 0 Å². The number of nitrogens with zero attached hydrogens (tertiary/aromatic N) is 1. The first-order valence-corrected chi connectivity index (χ1v) is 8.99. The van der Waals surface area contributed by atoms with Crippen LogP contribution in [0.1, 0.15) is 25.0 Å². The molecule has 0 amide bonds. The summed E-state index contributed by atoms with van der Waals surface area (Å²) in [7, 11) is 0. The summed E-state index contributed by atoms with van der Waals surface area (Å²) in [6.45, 7) is 4.61. The van der Waals surface area contributed by atoms with E-state index in [4.69, 9.17) is 9.40 Å². The summed E-state index contributed by atoms with van der Waals surface area (Å²) in [6, 6.07) is 21.6. The number of rotatable bonds is 0. The molecule has 0 aliphatic heterocycles. The maximum absolute atomic E-state index is 6.17. The average molecular weight is 335 g/mol. The fourth-order valence-electron chi connectivity index (χ4n) is 4.59. The Morgan fingerprint density at radius 1 is 0.769 bits per heavy atom. The van der Waals surface area contributed by atoms with Gasteiger partial charge >= 0.3 is 0 Å². The minimum absolute atomic E-state index is 0.142. The second kappa shape index (κ2) is 4.53. The number of furan rings is 1. The van der Waals surface area contributed by atoms with Crippen LogP contribution >= 0.6 is 0 Å². The zero-order chi connectivity index (χ0) is 17.5. The Morgan fingerprint density at radius 3 is 2.38 bits per heavy atom. The van der Waals surface area contributed by atoms with E-state index in [-0.39, 0.29) is 5.41 Å². The van der Waals surface area contributed by atoms with Gasteiger partial charge in [-0.3, -0.25) is 4.98 Å². The first-order valence-electron chi connectivity index (χ1n) is 8.99. The van der Waals surface area contributed by atoms with Gasteiger partial charge in [0.05, 0.1) is 11.1 Å². The van der Waals surface area contributed by atoms with Crippen molar-refractivity contribution in [2.45, 2.75) is 19.3 Å². The van der Waals surface area contributed by atoms with Crippen LogP contribution in [0.25, 0.3) is 44.0 Å². The van der Waals surface area contributed by atoms with Crippen molar-refractivity contribution in [3.63, 3.8) is 0 Å². The third-order valence-corrected chi connectivity index (χ3v) is 5.90. The van der Waals surface area contributed by atoms with E-state index >= 15 is 0 Å².